The number of pyridine rings is 1. The third-order valence-corrected chi connectivity index (χ3v) is 13.3. The first-order valence-electron chi connectivity index (χ1n) is 23.8. The Hall–Kier alpha value is -6.63. The highest BCUT2D eigenvalue weighted by Gasteiger charge is 2.45. The summed E-state index contributed by atoms with van der Waals surface area (Å²) in [5.41, 5.74) is 7.77. The van der Waals surface area contributed by atoms with E-state index in [9.17, 15) is 24.0 Å². The fraction of sp³-hybridized carbons (Fsp3) is 0.460. The third-order valence-electron chi connectivity index (χ3n) is 13.3. The minimum absolute atomic E-state index is 0.0590. The zero-order chi connectivity index (χ0) is 47.1. The summed E-state index contributed by atoms with van der Waals surface area (Å²) in [6.07, 6.45) is 8.62. The molecular formula is C50H59N9O9. The Morgan fingerprint density at radius 1 is 0.794 bits per heavy atom. The van der Waals surface area contributed by atoms with Gasteiger partial charge in [-0.25, -0.2) is 4.98 Å². The van der Waals surface area contributed by atoms with Crippen molar-refractivity contribution in [3.8, 4) is 22.4 Å². The summed E-state index contributed by atoms with van der Waals surface area (Å²) in [4.78, 5) is 73.7. The van der Waals surface area contributed by atoms with E-state index in [2.05, 4.69) is 73.0 Å². The van der Waals surface area contributed by atoms with Gasteiger partial charge in [0.25, 0.3) is 11.8 Å². The molecule has 3 N–H and O–H groups in total. The number of imidazole rings is 1. The van der Waals surface area contributed by atoms with Crippen molar-refractivity contribution in [2.45, 2.75) is 77.3 Å². The molecule has 2 saturated heterocycles. The first-order valence-corrected chi connectivity index (χ1v) is 23.8. The van der Waals surface area contributed by atoms with Crippen LogP contribution in [0.4, 0.5) is 17.2 Å². The maximum absolute atomic E-state index is 13.3. The van der Waals surface area contributed by atoms with Crippen LogP contribution in [0.5, 0.6) is 0 Å². The molecule has 5 aromatic rings. The summed E-state index contributed by atoms with van der Waals surface area (Å²) in [5, 5.41) is 13.4. The SMILES string of the molecule is Cc1noc(C)c1-c1ccc2nc(-c3ccc(N4CCN(C(=O)CCOCCOCCOCCNc5cccc6c5C(=O)N(C5CCC(=O)NC5=O)C6=O)CC4)cc3)c(NC3CCCCC3)n2c1. The number of amides is 5. The number of ether oxygens (including phenoxy) is 3. The van der Waals surface area contributed by atoms with E-state index in [1.54, 1.807) is 18.2 Å². The van der Waals surface area contributed by atoms with Crippen LogP contribution >= 0.6 is 0 Å². The van der Waals surface area contributed by atoms with Crippen molar-refractivity contribution in [1.29, 1.82) is 0 Å². The molecule has 358 valence electrons. The quantitative estimate of drug-likeness (QED) is 0.0681. The Bertz CT molecular complexity index is 2630. The molecule has 3 aliphatic heterocycles. The molecule has 3 fully saturated rings. The number of piperazine rings is 1. The van der Waals surface area contributed by atoms with Crippen LogP contribution in [-0.2, 0) is 28.6 Å². The largest absolute Gasteiger partial charge is 0.382 e. The molecular weight excluding hydrogens is 871 g/mol. The Morgan fingerprint density at radius 3 is 2.24 bits per heavy atom. The Kier molecular flexibility index (Phi) is 14.4. The van der Waals surface area contributed by atoms with Crippen molar-refractivity contribution in [2.24, 2.45) is 0 Å². The van der Waals surface area contributed by atoms with Gasteiger partial charge in [-0.15, -0.1) is 0 Å². The molecule has 0 radical (unpaired) electrons. The van der Waals surface area contributed by atoms with Gasteiger partial charge < -0.3 is 39.2 Å². The second-order valence-corrected chi connectivity index (χ2v) is 17.7. The number of hydrogen-bond acceptors (Lipinski definition) is 14. The molecule has 1 unspecified atom stereocenters. The van der Waals surface area contributed by atoms with Crippen molar-refractivity contribution in [2.75, 3.05) is 87.9 Å². The van der Waals surface area contributed by atoms with E-state index in [1.165, 1.54) is 19.3 Å². The summed E-state index contributed by atoms with van der Waals surface area (Å²) in [7, 11) is 0. The molecule has 0 bridgehead atoms. The fourth-order valence-corrected chi connectivity index (χ4v) is 9.69. The zero-order valence-electron chi connectivity index (χ0n) is 38.7. The Balaban J connectivity index is 0.665. The van der Waals surface area contributed by atoms with Crippen molar-refractivity contribution in [3.63, 3.8) is 0 Å². The topological polar surface area (TPSA) is 202 Å². The van der Waals surface area contributed by atoms with E-state index in [0.29, 0.717) is 77.4 Å². The number of rotatable bonds is 19. The van der Waals surface area contributed by atoms with Gasteiger partial charge in [-0.1, -0.05) is 42.6 Å². The number of nitrogens with zero attached hydrogens (tertiary/aromatic N) is 6. The van der Waals surface area contributed by atoms with Gasteiger partial charge in [0.2, 0.25) is 17.7 Å². The van der Waals surface area contributed by atoms with E-state index in [0.717, 1.165) is 81.8 Å². The number of carbonyl (C=O) groups excluding carboxylic acids is 5. The summed E-state index contributed by atoms with van der Waals surface area (Å²) < 4.78 is 24.7. The molecule has 3 aromatic heterocycles. The lowest BCUT2D eigenvalue weighted by Crippen LogP contribution is -2.54. The highest BCUT2D eigenvalue weighted by Crippen LogP contribution is 2.36. The number of fused-ring (bicyclic) bond motifs is 2. The van der Waals surface area contributed by atoms with Crippen LogP contribution in [0.1, 0.15) is 83.5 Å². The van der Waals surface area contributed by atoms with Crippen LogP contribution in [0.25, 0.3) is 28.0 Å². The average molecular weight is 930 g/mol. The van der Waals surface area contributed by atoms with Crippen molar-refractivity contribution >= 4 is 52.4 Å². The number of benzene rings is 2. The number of aromatic nitrogens is 3. The number of hydrogen-bond donors (Lipinski definition) is 3. The summed E-state index contributed by atoms with van der Waals surface area (Å²) in [5.74, 6) is -0.312. The lowest BCUT2D eigenvalue weighted by molar-refractivity contribution is -0.136. The van der Waals surface area contributed by atoms with Gasteiger partial charge in [0.1, 0.15) is 29.0 Å². The second-order valence-electron chi connectivity index (χ2n) is 17.7. The molecule has 5 amide bonds. The number of carbonyl (C=O) groups is 5. The van der Waals surface area contributed by atoms with Gasteiger partial charge >= 0.3 is 0 Å². The number of nitrogens with one attached hydrogen (secondary N) is 3. The molecule has 4 aliphatic rings. The van der Waals surface area contributed by atoms with Gasteiger partial charge in [0, 0.05) is 79.4 Å². The molecule has 18 nitrogen and oxygen atoms in total. The number of imide groups is 2. The standard InChI is InChI=1S/C50H59N9O9/c1-32-44(33(2)68-55-32)35-13-17-41-53-46(47(58(41)31-35)52-36-7-4-3-5-8-36)34-11-14-37(15-12-34)56-21-23-57(24-22-56)43(61)19-25-65-27-29-67-30-28-66-26-20-51-39-10-6-9-38-45(39)50(64)59(49(38)63)40-16-18-42(60)54-48(40)62/h6,9-15,17,31,36,40,51-52H,3-5,7-8,16,18-30H2,1-2H3,(H,54,60,62). The second kappa shape index (κ2) is 21.1. The summed E-state index contributed by atoms with van der Waals surface area (Å²) in [6, 6.07) is 17.1. The lowest BCUT2D eigenvalue weighted by Gasteiger charge is -2.36. The first kappa shape index (κ1) is 46.5. The maximum Gasteiger partial charge on any atom is 0.264 e. The highest BCUT2D eigenvalue weighted by molar-refractivity contribution is 6.25. The molecule has 2 aromatic carbocycles. The van der Waals surface area contributed by atoms with Crippen LogP contribution in [0.15, 0.2) is 65.3 Å². The van der Waals surface area contributed by atoms with Crippen LogP contribution < -0.4 is 20.9 Å². The normalized spacial score (nSPS) is 17.9. The molecule has 9 rings (SSSR count). The smallest absolute Gasteiger partial charge is 0.264 e. The average Bonchev–Trinajstić information content (AvgIpc) is 3.97. The first-order chi connectivity index (χ1) is 33.1. The highest BCUT2D eigenvalue weighted by atomic mass is 16.5. The van der Waals surface area contributed by atoms with Crippen LogP contribution in [-0.4, -0.2) is 138 Å². The lowest BCUT2D eigenvalue weighted by atomic mass is 9.95. The molecule has 0 spiro atoms. The fourth-order valence-electron chi connectivity index (χ4n) is 9.69. The molecule has 68 heavy (non-hydrogen) atoms. The minimum Gasteiger partial charge on any atom is -0.382 e. The van der Waals surface area contributed by atoms with Crippen LogP contribution in [0, 0.1) is 13.8 Å². The van der Waals surface area contributed by atoms with E-state index in [4.69, 9.17) is 23.7 Å². The molecule has 1 saturated carbocycles. The monoisotopic (exact) mass is 929 g/mol. The predicted octanol–water partition coefficient (Wildman–Crippen LogP) is 5.62. The van der Waals surface area contributed by atoms with Gasteiger partial charge in [-0.2, -0.15) is 0 Å². The number of piperidine rings is 1. The van der Waals surface area contributed by atoms with E-state index in [1.807, 2.05) is 18.7 Å². The van der Waals surface area contributed by atoms with E-state index in [-0.39, 0.29) is 29.9 Å². The molecule has 1 aliphatic carbocycles. The van der Waals surface area contributed by atoms with Gasteiger partial charge in [0.15, 0.2) is 0 Å². The Labute approximate surface area is 394 Å². The third kappa shape index (κ3) is 10.1. The van der Waals surface area contributed by atoms with Gasteiger partial charge in [-0.3, -0.25) is 38.6 Å². The summed E-state index contributed by atoms with van der Waals surface area (Å²) in [6.45, 7) is 9.11. The van der Waals surface area contributed by atoms with Gasteiger partial charge in [-0.05, 0) is 69.5 Å². The Morgan fingerprint density at radius 2 is 1.51 bits per heavy atom. The van der Waals surface area contributed by atoms with E-state index >= 15 is 0 Å². The van der Waals surface area contributed by atoms with Crippen LogP contribution in [0.3, 0.4) is 0 Å². The molecule has 6 heterocycles. The number of aryl methyl sites for hydroxylation is 2. The van der Waals surface area contributed by atoms with Crippen LogP contribution in [0.2, 0.25) is 0 Å². The molecule has 18 heteroatoms. The summed E-state index contributed by atoms with van der Waals surface area (Å²) >= 11 is 0. The van der Waals surface area contributed by atoms with Gasteiger partial charge in [0.05, 0.1) is 62.9 Å². The predicted molar refractivity (Wildman–Crippen MR) is 254 cm³/mol. The van der Waals surface area contributed by atoms with Crippen molar-refractivity contribution < 1.29 is 42.7 Å². The van der Waals surface area contributed by atoms with Crippen molar-refractivity contribution in [3.05, 3.63) is 83.4 Å². The van der Waals surface area contributed by atoms with Crippen molar-refractivity contribution in [1.82, 2.24) is 29.7 Å². The zero-order valence-corrected chi connectivity index (χ0v) is 38.7. The maximum atomic E-state index is 13.3. The van der Waals surface area contributed by atoms with E-state index < -0.39 is 29.7 Å². The molecule has 1 atom stereocenters. The number of anilines is 3. The minimum atomic E-state index is -1.02.